The second kappa shape index (κ2) is 6.20. The highest BCUT2D eigenvalue weighted by molar-refractivity contribution is 5.81. The molecule has 0 fully saturated rings. The molecular formula is C8H15NO5. The fourth-order valence-corrected chi connectivity index (χ4v) is 0.803. The maximum atomic E-state index is 11.0. The lowest BCUT2D eigenvalue weighted by atomic mass is 10.2. The predicted octanol–water partition coefficient (Wildman–Crippen LogP) is -0.345. The van der Waals surface area contributed by atoms with E-state index in [1.165, 1.54) is 14.0 Å². The van der Waals surface area contributed by atoms with Gasteiger partial charge in [-0.15, -0.1) is 0 Å². The van der Waals surface area contributed by atoms with Crippen molar-refractivity contribution in [3.63, 3.8) is 0 Å². The first kappa shape index (κ1) is 12.7. The van der Waals surface area contributed by atoms with Crippen molar-refractivity contribution >= 4 is 12.1 Å². The molecule has 0 heterocycles. The van der Waals surface area contributed by atoms with E-state index in [4.69, 9.17) is 5.11 Å². The summed E-state index contributed by atoms with van der Waals surface area (Å²) in [5, 5.41) is 11.3. The fourth-order valence-electron chi connectivity index (χ4n) is 0.803. The average molecular weight is 205 g/mol. The van der Waals surface area contributed by atoms with Gasteiger partial charge in [-0.25, -0.2) is 9.59 Å². The molecule has 0 saturated carbocycles. The van der Waals surface area contributed by atoms with E-state index < -0.39 is 24.2 Å². The standard InChI is InChI=1S/C8H15NO5/c1-4-14-8(12)9-6(5(2)10)7(11)13-3/h5-6,10H,4H2,1-3H3,(H,9,12)/t5-,6+/m1/s1. The summed E-state index contributed by atoms with van der Waals surface area (Å²) in [4.78, 5) is 22.0. The summed E-state index contributed by atoms with van der Waals surface area (Å²) in [6.45, 7) is 3.20. The third-order valence-electron chi connectivity index (χ3n) is 1.49. The molecule has 2 atom stereocenters. The van der Waals surface area contributed by atoms with Crippen molar-refractivity contribution < 1.29 is 24.2 Å². The van der Waals surface area contributed by atoms with E-state index >= 15 is 0 Å². The van der Waals surface area contributed by atoms with Crippen molar-refractivity contribution in [1.29, 1.82) is 0 Å². The monoisotopic (exact) mass is 205 g/mol. The number of nitrogens with one attached hydrogen (secondary N) is 1. The maximum absolute atomic E-state index is 11.0. The molecule has 2 N–H and O–H groups in total. The molecule has 0 aromatic heterocycles. The molecule has 14 heavy (non-hydrogen) atoms. The Morgan fingerprint density at radius 2 is 2.07 bits per heavy atom. The molecule has 0 aliphatic rings. The number of carbonyl (C=O) groups is 2. The van der Waals surface area contributed by atoms with Crippen LogP contribution in [0.15, 0.2) is 0 Å². The molecule has 6 heteroatoms. The van der Waals surface area contributed by atoms with Gasteiger partial charge in [0.2, 0.25) is 0 Å². The Balaban J connectivity index is 4.23. The summed E-state index contributed by atoms with van der Waals surface area (Å²) in [6.07, 6.45) is -1.80. The van der Waals surface area contributed by atoms with Crippen LogP contribution in [0.5, 0.6) is 0 Å². The van der Waals surface area contributed by atoms with Crippen molar-refractivity contribution in [3.8, 4) is 0 Å². The molecule has 82 valence electrons. The number of ether oxygens (including phenoxy) is 2. The van der Waals surface area contributed by atoms with Crippen LogP contribution in [-0.2, 0) is 14.3 Å². The normalized spacial score (nSPS) is 14.0. The van der Waals surface area contributed by atoms with Gasteiger partial charge in [-0.2, -0.15) is 0 Å². The number of rotatable bonds is 4. The van der Waals surface area contributed by atoms with Crippen LogP contribution in [0.3, 0.4) is 0 Å². The summed E-state index contributed by atoms with van der Waals surface area (Å²) in [7, 11) is 1.17. The predicted molar refractivity (Wildman–Crippen MR) is 47.6 cm³/mol. The minimum Gasteiger partial charge on any atom is -0.467 e. The number of hydrogen-bond acceptors (Lipinski definition) is 5. The molecule has 0 saturated heterocycles. The molecule has 0 bridgehead atoms. The van der Waals surface area contributed by atoms with Gasteiger partial charge in [0.05, 0.1) is 19.8 Å². The number of methoxy groups -OCH3 is 1. The zero-order chi connectivity index (χ0) is 11.1. The molecule has 0 radical (unpaired) electrons. The fraction of sp³-hybridized carbons (Fsp3) is 0.750. The maximum Gasteiger partial charge on any atom is 0.407 e. The first-order valence-corrected chi connectivity index (χ1v) is 4.22. The average Bonchev–Trinajstić information content (AvgIpc) is 2.13. The molecule has 0 aromatic rings. The Bertz CT molecular complexity index is 204. The minimum absolute atomic E-state index is 0.194. The summed E-state index contributed by atoms with van der Waals surface area (Å²) in [5.74, 6) is -0.715. The van der Waals surface area contributed by atoms with Crippen molar-refractivity contribution in [2.45, 2.75) is 26.0 Å². The number of alkyl carbamates (subject to hydrolysis) is 1. The van der Waals surface area contributed by atoms with Gasteiger partial charge in [-0.1, -0.05) is 0 Å². The number of hydrogen-bond donors (Lipinski definition) is 2. The van der Waals surface area contributed by atoms with E-state index in [2.05, 4.69) is 14.8 Å². The van der Waals surface area contributed by atoms with E-state index in [9.17, 15) is 9.59 Å². The number of carbonyl (C=O) groups excluding carboxylic acids is 2. The highest BCUT2D eigenvalue weighted by Crippen LogP contribution is 1.96. The molecule has 0 aliphatic heterocycles. The second-order valence-corrected chi connectivity index (χ2v) is 2.61. The van der Waals surface area contributed by atoms with Crippen LogP contribution in [0.25, 0.3) is 0 Å². The van der Waals surface area contributed by atoms with Gasteiger partial charge < -0.3 is 19.9 Å². The van der Waals surface area contributed by atoms with Gasteiger partial charge in [-0.05, 0) is 13.8 Å². The van der Waals surface area contributed by atoms with Crippen molar-refractivity contribution in [1.82, 2.24) is 5.32 Å². The van der Waals surface area contributed by atoms with Crippen LogP contribution in [0.4, 0.5) is 4.79 Å². The SMILES string of the molecule is CCOC(=O)N[C@H](C(=O)OC)[C@@H](C)O. The minimum atomic E-state index is -1.10. The van der Waals surface area contributed by atoms with Gasteiger partial charge in [0.1, 0.15) is 0 Å². The summed E-state index contributed by atoms with van der Waals surface area (Å²) in [6, 6.07) is -1.10. The van der Waals surface area contributed by atoms with E-state index in [0.717, 1.165) is 0 Å². The quantitative estimate of drug-likeness (QED) is 0.613. The van der Waals surface area contributed by atoms with Crippen LogP contribution in [0.1, 0.15) is 13.8 Å². The Morgan fingerprint density at radius 1 is 1.50 bits per heavy atom. The van der Waals surface area contributed by atoms with E-state index in [1.54, 1.807) is 6.92 Å². The van der Waals surface area contributed by atoms with Crippen molar-refractivity contribution in [3.05, 3.63) is 0 Å². The molecule has 0 aliphatic carbocycles. The Morgan fingerprint density at radius 3 is 2.43 bits per heavy atom. The van der Waals surface area contributed by atoms with Crippen LogP contribution >= 0.6 is 0 Å². The van der Waals surface area contributed by atoms with Crippen LogP contribution in [-0.4, -0.2) is 43.0 Å². The first-order chi connectivity index (χ1) is 6.52. The van der Waals surface area contributed by atoms with Gasteiger partial charge >= 0.3 is 12.1 Å². The zero-order valence-electron chi connectivity index (χ0n) is 8.44. The van der Waals surface area contributed by atoms with Crippen LogP contribution in [0.2, 0.25) is 0 Å². The molecular weight excluding hydrogens is 190 g/mol. The number of amides is 1. The van der Waals surface area contributed by atoms with Crippen molar-refractivity contribution in [2.24, 2.45) is 0 Å². The lowest BCUT2D eigenvalue weighted by Gasteiger charge is -2.18. The van der Waals surface area contributed by atoms with Crippen LogP contribution < -0.4 is 5.32 Å². The Hall–Kier alpha value is -1.30. The lowest BCUT2D eigenvalue weighted by molar-refractivity contribution is -0.145. The van der Waals surface area contributed by atoms with Gasteiger partial charge in [-0.3, -0.25) is 0 Å². The molecule has 6 nitrogen and oxygen atoms in total. The highest BCUT2D eigenvalue weighted by atomic mass is 16.6. The molecule has 0 unspecified atom stereocenters. The van der Waals surface area contributed by atoms with Crippen molar-refractivity contribution in [2.75, 3.05) is 13.7 Å². The van der Waals surface area contributed by atoms with Gasteiger partial charge in [0, 0.05) is 0 Å². The summed E-state index contributed by atoms with van der Waals surface area (Å²) >= 11 is 0. The Kier molecular flexibility index (Phi) is 5.62. The van der Waals surface area contributed by atoms with Gasteiger partial charge in [0.15, 0.2) is 6.04 Å². The smallest absolute Gasteiger partial charge is 0.407 e. The van der Waals surface area contributed by atoms with E-state index in [0.29, 0.717) is 0 Å². The summed E-state index contributed by atoms with van der Waals surface area (Å²) in [5.41, 5.74) is 0. The zero-order valence-corrected chi connectivity index (χ0v) is 8.44. The topological polar surface area (TPSA) is 84.9 Å². The third-order valence-corrected chi connectivity index (χ3v) is 1.49. The van der Waals surface area contributed by atoms with Gasteiger partial charge in [0.25, 0.3) is 0 Å². The number of esters is 1. The van der Waals surface area contributed by atoms with E-state index in [-0.39, 0.29) is 6.61 Å². The molecule has 0 spiro atoms. The molecule has 1 amide bonds. The second-order valence-electron chi connectivity index (χ2n) is 2.61. The number of aliphatic hydroxyl groups is 1. The first-order valence-electron chi connectivity index (χ1n) is 4.22. The molecule has 0 rings (SSSR count). The highest BCUT2D eigenvalue weighted by Gasteiger charge is 2.26. The Labute approximate surface area is 82.2 Å². The lowest BCUT2D eigenvalue weighted by Crippen LogP contribution is -2.48. The molecule has 0 aromatic carbocycles. The number of aliphatic hydroxyl groups excluding tert-OH is 1. The summed E-state index contributed by atoms with van der Waals surface area (Å²) < 4.78 is 8.93. The van der Waals surface area contributed by atoms with Crippen LogP contribution in [0, 0.1) is 0 Å². The third kappa shape index (κ3) is 4.08. The largest absolute Gasteiger partial charge is 0.467 e. The van der Waals surface area contributed by atoms with E-state index in [1.807, 2.05) is 0 Å².